The average Bonchev–Trinajstić information content (AvgIpc) is 2.91. The number of aromatic carboxylic acids is 1. The van der Waals surface area contributed by atoms with E-state index < -0.39 is 30.7 Å². The molecule has 0 aliphatic rings. The molecule has 0 fully saturated rings. The van der Waals surface area contributed by atoms with Gasteiger partial charge >= 0.3 is 0 Å². The van der Waals surface area contributed by atoms with Crippen LogP contribution in [0, 0.1) is 6.92 Å². The third-order valence-electron chi connectivity index (χ3n) is 3.96. The average molecular weight is 459 g/mol. The van der Waals surface area contributed by atoms with Crippen LogP contribution in [0.2, 0.25) is 5.02 Å². The molecule has 0 radical (unpaired) electrons. The van der Waals surface area contributed by atoms with E-state index in [0.717, 1.165) is 35.8 Å². The highest BCUT2D eigenvalue weighted by molar-refractivity contribution is 7.95. The van der Waals surface area contributed by atoms with Gasteiger partial charge in [-0.05, 0) is 53.8 Å². The number of sulfone groups is 1. The number of sulfonamides is 1. The number of hydrogen-bond donors (Lipinski definition) is 1. The van der Waals surface area contributed by atoms with E-state index in [1.54, 1.807) is 25.1 Å². The highest BCUT2D eigenvalue weighted by atomic mass is 35.5. The van der Waals surface area contributed by atoms with Gasteiger partial charge in [0.2, 0.25) is 0 Å². The number of thiophene rings is 1. The van der Waals surface area contributed by atoms with Gasteiger partial charge in [0.15, 0.2) is 9.84 Å². The van der Waals surface area contributed by atoms with E-state index in [1.165, 1.54) is 0 Å². The predicted octanol–water partition coefficient (Wildman–Crippen LogP) is 2.43. The summed E-state index contributed by atoms with van der Waals surface area (Å²) >= 11 is 6.99. The van der Waals surface area contributed by atoms with Gasteiger partial charge in [0, 0.05) is 16.0 Å². The summed E-state index contributed by atoms with van der Waals surface area (Å²) in [5, 5.41) is 12.2. The molecular formula is C17H13ClNO6S3-. The summed E-state index contributed by atoms with van der Waals surface area (Å²) in [7, 11) is -8.05. The highest BCUT2D eigenvalue weighted by Gasteiger charge is 2.25. The van der Waals surface area contributed by atoms with Gasteiger partial charge in [-0.2, -0.15) is 0 Å². The lowest BCUT2D eigenvalue weighted by atomic mass is 10.2. The fourth-order valence-corrected chi connectivity index (χ4v) is 6.58. The summed E-state index contributed by atoms with van der Waals surface area (Å²) in [5.74, 6) is -1.57. The second kappa shape index (κ2) is 7.03. The van der Waals surface area contributed by atoms with E-state index in [4.69, 9.17) is 11.6 Å². The first-order valence-corrected chi connectivity index (χ1v) is 12.2. The fourth-order valence-electron chi connectivity index (χ4n) is 2.66. The van der Waals surface area contributed by atoms with Crippen LogP contribution >= 0.6 is 22.9 Å². The molecular weight excluding hydrogens is 446 g/mol. The Labute approximate surface area is 170 Å². The Morgan fingerprint density at radius 2 is 1.79 bits per heavy atom. The quantitative estimate of drug-likeness (QED) is 0.626. The lowest BCUT2D eigenvalue weighted by molar-refractivity contribution is -0.255. The number of rotatable bonds is 5. The number of carboxylic acid groups (broad SMARTS) is 1. The zero-order valence-electron chi connectivity index (χ0n) is 14.5. The summed E-state index contributed by atoms with van der Waals surface area (Å²) < 4.78 is 52.9. The second-order valence-electron chi connectivity index (χ2n) is 6.03. The Bertz CT molecular complexity index is 1330. The second-order valence-corrected chi connectivity index (χ2v) is 11.4. The van der Waals surface area contributed by atoms with Gasteiger partial charge in [0.25, 0.3) is 10.0 Å². The van der Waals surface area contributed by atoms with Gasteiger partial charge < -0.3 is 9.90 Å². The van der Waals surface area contributed by atoms with Crippen molar-refractivity contribution in [2.24, 2.45) is 0 Å². The van der Waals surface area contributed by atoms with Crippen LogP contribution in [0.3, 0.4) is 0 Å². The van der Waals surface area contributed by atoms with E-state index in [-0.39, 0.29) is 15.5 Å². The van der Waals surface area contributed by atoms with E-state index in [9.17, 15) is 26.7 Å². The van der Waals surface area contributed by atoms with Gasteiger partial charge in [-0.1, -0.05) is 17.7 Å². The zero-order valence-corrected chi connectivity index (χ0v) is 17.7. The molecule has 0 aliphatic carbocycles. The van der Waals surface area contributed by atoms with Crippen LogP contribution in [-0.4, -0.2) is 29.1 Å². The molecule has 0 saturated heterocycles. The maximum absolute atomic E-state index is 12.9. The molecule has 148 valence electrons. The number of nitrogens with one attached hydrogen (secondary N) is 1. The molecule has 0 unspecified atom stereocenters. The molecule has 0 aliphatic heterocycles. The molecule has 28 heavy (non-hydrogen) atoms. The smallest absolute Gasteiger partial charge is 0.271 e. The number of carbonyl (C=O) groups excluding carboxylic acids is 1. The predicted molar refractivity (Wildman–Crippen MR) is 106 cm³/mol. The minimum Gasteiger partial charge on any atom is -0.545 e. The standard InChI is InChI=1S/C17H14ClNO6S3/c1-9-12-8-11(18)4-6-14(12)26-17(9)28(24,25)19-13-5-3-10(16(20)21)7-15(13)27(2,22)23/h3-8,19H,1-2H3,(H,20,21)/p-1. The lowest BCUT2D eigenvalue weighted by Crippen LogP contribution is -2.23. The molecule has 0 atom stereocenters. The Balaban J connectivity index is 2.13. The third kappa shape index (κ3) is 3.86. The van der Waals surface area contributed by atoms with Gasteiger partial charge in [-0.25, -0.2) is 16.8 Å². The van der Waals surface area contributed by atoms with Crippen molar-refractivity contribution in [1.82, 2.24) is 0 Å². The minimum atomic E-state index is -4.14. The van der Waals surface area contributed by atoms with Crippen molar-refractivity contribution in [3.63, 3.8) is 0 Å². The number of halogens is 1. The SMILES string of the molecule is Cc1c(S(=O)(=O)Nc2ccc(C(=O)[O-])cc2S(C)(=O)=O)sc2ccc(Cl)cc12. The van der Waals surface area contributed by atoms with Crippen LogP contribution in [0.4, 0.5) is 5.69 Å². The maximum atomic E-state index is 12.9. The summed E-state index contributed by atoms with van der Waals surface area (Å²) in [6, 6.07) is 8.01. The van der Waals surface area contributed by atoms with E-state index >= 15 is 0 Å². The zero-order chi connectivity index (χ0) is 20.9. The fraction of sp³-hybridized carbons (Fsp3) is 0.118. The van der Waals surface area contributed by atoms with Crippen molar-refractivity contribution in [3.05, 3.63) is 52.5 Å². The molecule has 0 saturated carbocycles. The molecule has 7 nitrogen and oxygen atoms in total. The first-order valence-electron chi connectivity index (χ1n) is 7.67. The first kappa shape index (κ1) is 20.6. The minimum absolute atomic E-state index is 0.00759. The van der Waals surface area contributed by atoms with Crippen LogP contribution in [0.1, 0.15) is 15.9 Å². The Morgan fingerprint density at radius 3 is 2.39 bits per heavy atom. The van der Waals surface area contributed by atoms with E-state index in [2.05, 4.69) is 4.72 Å². The van der Waals surface area contributed by atoms with Crippen LogP contribution in [0.15, 0.2) is 45.5 Å². The summed E-state index contributed by atoms with van der Waals surface area (Å²) in [4.78, 5) is 10.6. The molecule has 2 aromatic carbocycles. The molecule has 1 N–H and O–H groups in total. The number of fused-ring (bicyclic) bond motifs is 1. The summed E-state index contributed by atoms with van der Waals surface area (Å²) in [5.41, 5.74) is -0.152. The Morgan fingerprint density at radius 1 is 1.11 bits per heavy atom. The molecule has 1 aromatic heterocycles. The topological polar surface area (TPSA) is 120 Å². The molecule has 0 bridgehead atoms. The van der Waals surface area contributed by atoms with Crippen molar-refractivity contribution in [3.8, 4) is 0 Å². The van der Waals surface area contributed by atoms with Crippen molar-refractivity contribution < 1.29 is 26.7 Å². The van der Waals surface area contributed by atoms with E-state index in [0.29, 0.717) is 20.7 Å². The van der Waals surface area contributed by atoms with Gasteiger partial charge in [-0.3, -0.25) is 4.72 Å². The number of benzene rings is 2. The van der Waals surface area contributed by atoms with Gasteiger partial charge in [0.1, 0.15) is 4.21 Å². The normalized spacial score (nSPS) is 12.2. The largest absolute Gasteiger partial charge is 0.545 e. The van der Waals surface area contributed by atoms with Crippen LogP contribution in [0.25, 0.3) is 10.1 Å². The molecule has 0 spiro atoms. The van der Waals surface area contributed by atoms with Gasteiger partial charge in [0.05, 0.1) is 16.6 Å². The number of anilines is 1. The number of carbonyl (C=O) groups is 1. The lowest BCUT2D eigenvalue weighted by Gasteiger charge is -2.13. The van der Waals surface area contributed by atoms with Gasteiger partial charge in [-0.15, -0.1) is 11.3 Å². The first-order chi connectivity index (χ1) is 12.9. The summed E-state index contributed by atoms with van der Waals surface area (Å²) in [6.07, 6.45) is 0.853. The van der Waals surface area contributed by atoms with Crippen LogP contribution < -0.4 is 9.83 Å². The summed E-state index contributed by atoms with van der Waals surface area (Å²) in [6.45, 7) is 1.63. The van der Waals surface area contributed by atoms with Crippen molar-refractivity contribution in [1.29, 1.82) is 0 Å². The third-order valence-corrected chi connectivity index (χ3v) is 8.59. The number of carboxylic acids is 1. The molecule has 0 amide bonds. The van der Waals surface area contributed by atoms with Crippen LogP contribution in [-0.2, 0) is 19.9 Å². The highest BCUT2D eigenvalue weighted by Crippen LogP contribution is 2.37. The Kier molecular flexibility index (Phi) is 5.17. The van der Waals surface area contributed by atoms with Crippen LogP contribution in [0.5, 0.6) is 0 Å². The molecule has 11 heteroatoms. The maximum Gasteiger partial charge on any atom is 0.271 e. The molecule has 3 rings (SSSR count). The number of aryl methyl sites for hydroxylation is 1. The molecule has 1 heterocycles. The monoisotopic (exact) mass is 458 g/mol. The Hall–Kier alpha value is -2.14. The van der Waals surface area contributed by atoms with Crippen molar-refractivity contribution in [2.75, 3.05) is 11.0 Å². The van der Waals surface area contributed by atoms with Crippen molar-refractivity contribution in [2.45, 2.75) is 16.0 Å². The van der Waals surface area contributed by atoms with E-state index in [1.807, 2.05) is 0 Å². The van der Waals surface area contributed by atoms with Crippen molar-refractivity contribution >= 4 is 64.5 Å². The molecule has 3 aromatic rings. The number of hydrogen-bond acceptors (Lipinski definition) is 7.